The SMILES string of the molecule is Cc1cc(N)nc(SCc2ncc(-c3cc(Cl)ccc3Cl)o2)n1. The lowest BCUT2D eigenvalue weighted by molar-refractivity contribution is 0.530. The lowest BCUT2D eigenvalue weighted by Gasteiger charge is -2.02. The van der Waals surface area contributed by atoms with Crippen molar-refractivity contribution < 1.29 is 4.42 Å². The third-order valence-electron chi connectivity index (χ3n) is 2.93. The molecule has 0 amide bonds. The molecule has 2 heterocycles. The molecule has 0 radical (unpaired) electrons. The summed E-state index contributed by atoms with van der Waals surface area (Å²) in [6.45, 7) is 1.87. The second kappa shape index (κ2) is 6.78. The molecule has 23 heavy (non-hydrogen) atoms. The molecular formula is C15H12Cl2N4OS. The van der Waals surface area contributed by atoms with Crippen LogP contribution in [0.5, 0.6) is 0 Å². The van der Waals surface area contributed by atoms with E-state index in [4.69, 9.17) is 33.4 Å². The highest BCUT2D eigenvalue weighted by atomic mass is 35.5. The molecule has 0 saturated carbocycles. The number of benzene rings is 1. The first-order valence-electron chi connectivity index (χ1n) is 6.65. The monoisotopic (exact) mass is 366 g/mol. The summed E-state index contributed by atoms with van der Waals surface area (Å²) in [5.41, 5.74) is 7.23. The molecule has 2 N–H and O–H groups in total. The van der Waals surface area contributed by atoms with Crippen LogP contribution in [0.1, 0.15) is 11.6 Å². The van der Waals surface area contributed by atoms with Crippen LogP contribution in [0.4, 0.5) is 5.82 Å². The fourth-order valence-corrected chi connectivity index (χ4v) is 3.09. The fraction of sp³-hybridized carbons (Fsp3) is 0.133. The van der Waals surface area contributed by atoms with Gasteiger partial charge in [-0.05, 0) is 25.1 Å². The second-order valence-corrected chi connectivity index (χ2v) is 6.53. The number of hydrogen-bond donors (Lipinski definition) is 1. The molecule has 0 saturated heterocycles. The lowest BCUT2D eigenvalue weighted by Crippen LogP contribution is -1.96. The first-order valence-corrected chi connectivity index (χ1v) is 8.39. The van der Waals surface area contributed by atoms with Gasteiger partial charge in [0.05, 0.1) is 17.0 Å². The maximum absolute atomic E-state index is 6.16. The van der Waals surface area contributed by atoms with Crippen molar-refractivity contribution in [2.24, 2.45) is 0 Å². The Bertz CT molecular complexity index is 833. The van der Waals surface area contributed by atoms with Crippen molar-refractivity contribution >= 4 is 40.8 Å². The van der Waals surface area contributed by atoms with Gasteiger partial charge in [-0.2, -0.15) is 0 Å². The van der Waals surface area contributed by atoms with Crippen LogP contribution in [0.2, 0.25) is 10.0 Å². The smallest absolute Gasteiger partial charge is 0.205 e. The van der Waals surface area contributed by atoms with Gasteiger partial charge in [0.25, 0.3) is 0 Å². The summed E-state index contributed by atoms with van der Waals surface area (Å²) in [5.74, 6) is 2.04. The van der Waals surface area contributed by atoms with Crippen LogP contribution in [0.15, 0.2) is 40.0 Å². The summed E-state index contributed by atoms with van der Waals surface area (Å²) < 4.78 is 5.73. The summed E-state index contributed by atoms with van der Waals surface area (Å²) in [6, 6.07) is 6.90. The topological polar surface area (TPSA) is 77.8 Å². The minimum atomic E-state index is 0.443. The van der Waals surface area contributed by atoms with Crippen molar-refractivity contribution in [3.8, 4) is 11.3 Å². The molecule has 3 aromatic rings. The van der Waals surface area contributed by atoms with E-state index in [0.29, 0.717) is 44.0 Å². The van der Waals surface area contributed by atoms with Crippen molar-refractivity contribution in [1.82, 2.24) is 15.0 Å². The van der Waals surface area contributed by atoms with Gasteiger partial charge in [0.15, 0.2) is 10.9 Å². The zero-order valence-corrected chi connectivity index (χ0v) is 14.4. The molecule has 0 fully saturated rings. The number of halogens is 2. The molecular weight excluding hydrogens is 355 g/mol. The number of nitrogen functional groups attached to an aromatic ring is 1. The Balaban J connectivity index is 1.76. The Hall–Kier alpha value is -1.76. The predicted octanol–water partition coefficient (Wildman–Crippen LogP) is 4.62. The van der Waals surface area contributed by atoms with Crippen LogP contribution in [0.3, 0.4) is 0 Å². The summed E-state index contributed by atoms with van der Waals surface area (Å²) in [5, 5.41) is 1.72. The molecule has 0 aliphatic rings. The number of anilines is 1. The third kappa shape index (κ3) is 3.96. The molecule has 5 nitrogen and oxygen atoms in total. The van der Waals surface area contributed by atoms with Gasteiger partial charge in [0, 0.05) is 22.3 Å². The van der Waals surface area contributed by atoms with Crippen LogP contribution >= 0.6 is 35.0 Å². The first-order chi connectivity index (χ1) is 11.0. The van der Waals surface area contributed by atoms with Gasteiger partial charge in [-0.1, -0.05) is 35.0 Å². The Morgan fingerprint density at radius 2 is 2.04 bits per heavy atom. The second-order valence-electron chi connectivity index (χ2n) is 4.75. The minimum absolute atomic E-state index is 0.443. The first kappa shape index (κ1) is 16.1. The van der Waals surface area contributed by atoms with E-state index in [1.807, 2.05) is 6.92 Å². The van der Waals surface area contributed by atoms with Crippen LogP contribution in [0, 0.1) is 6.92 Å². The van der Waals surface area contributed by atoms with Gasteiger partial charge in [-0.3, -0.25) is 0 Å². The molecule has 0 aliphatic heterocycles. The predicted molar refractivity (Wildman–Crippen MR) is 92.7 cm³/mol. The van der Waals surface area contributed by atoms with E-state index >= 15 is 0 Å². The van der Waals surface area contributed by atoms with Gasteiger partial charge in [-0.15, -0.1) is 0 Å². The van der Waals surface area contributed by atoms with Gasteiger partial charge in [0.1, 0.15) is 5.82 Å². The van der Waals surface area contributed by atoms with Gasteiger partial charge in [-0.25, -0.2) is 15.0 Å². The van der Waals surface area contributed by atoms with E-state index in [1.165, 1.54) is 11.8 Å². The average molecular weight is 367 g/mol. The van der Waals surface area contributed by atoms with E-state index in [0.717, 1.165) is 5.69 Å². The number of nitrogens with zero attached hydrogens (tertiary/aromatic N) is 3. The molecule has 118 valence electrons. The number of thioether (sulfide) groups is 1. The van der Waals surface area contributed by atoms with E-state index in [9.17, 15) is 0 Å². The van der Waals surface area contributed by atoms with Gasteiger partial charge < -0.3 is 10.2 Å². The Labute approximate surface area is 147 Å². The highest BCUT2D eigenvalue weighted by Gasteiger charge is 2.12. The molecule has 8 heteroatoms. The molecule has 1 aromatic carbocycles. The average Bonchev–Trinajstić information content (AvgIpc) is 2.95. The molecule has 0 unspecified atom stereocenters. The van der Waals surface area contributed by atoms with Crippen molar-refractivity contribution in [2.45, 2.75) is 17.8 Å². The van der Waals surface area contributed by atoms with Crippen molar-refractivity contribution in [3.05, 3.63) is 52.1 Å². The van der Waals surface area contributed by atoms with E-state index in [1.54, 1.807) is 30.5 Å². The van der Waals surface area contributed by atoms with Gasteiger partial charge >= 0.3 is 0 Å². The van der Waals surface area contributed by atoms with Crippen LogP contribution in [0.25, 0.3) is 11.3 Å². The maximum atomic E-state index is 6.16. The highest BCUT2D eigenvalue weighted by Crippen LogP contribution is 2.32. The van der Waals surface area contributed by atoms with E-state index < -0.39 is 0 Å². The zero-order chi connectivity index (χ0) is 16.4. The van der Waals surface area contributed by atoms with E-state index in [2.05, 4.69) is 15.0 Å². The van der Waals surface area contributed by atoms with Gasteiger partial charge in [0.2, 0.25) is 5.89 Å². The van der Waals surface area contributed by atoms with Crippen molar-refractivity contribution in [3.63, 3.8) is 0 Å². The Morgan fingerprint density at radius 3 is 2.83 bits per heavy atom. The largest absolute Gasteiger partial charge is 0.440 e. The molecule has 0 bridgehead atoms. The summed E-state index contributed by atoms with van der Waals surface area (Å²) in [6.07, 6.45) is 1.62. The number of oxazole rings is 1. The third-order valence-corrected chi connectivity index (χ3v) is 4.32. The number of nitrogens with two attached hydrogens (primary N) is 1. The normalized spacial score (nSPS) is 10.9. The number of hydrogen-bond acceptors (Lipinski definition) is 6. The summed E-state index contributed by atoms with van der Waals surface area (Å²) in [4.78, 5) is 12.7. The van der Waals surface area contributed by atoms with E-state index in [-0.39, 0.29) is 0 Å². The molecule has 2 aromatic heterocycles. The molecule has 3 rings (SSSR count). The highest BCUT2D eigenvalue weighted by molar-refractivity contribution is 7.98. The fourth-order valence-electron chi connectivity index (χ4n) is 1.94. The van der Waals surface area contributed by atoms with Crippen molar-refractivity contribution in [1.29, 1.82) is 0 Å². The minimum Gasteiger partial charge on any atom is -0.440 e. The number of aryl methyl sites for hydroxylation is 1. The van der Waals surface area contributed by atoms with Crippen molar-refractivity contribution in [2.75, 3.05) is 5.73 Å². The Morgan fingerprint density at radius 1 is 1.22 bits per heavy atom. The molecule has 0 atom stereocenters. The van der Waals surface area contributed by atoms with Crippen LogP contribution < -0.4 is 5.73 Å². The quantitative estimate of drug-likeness (QED) is 0.535. The summed E-state index contributed by atoms with van der Waals surface area (Å²) >= 11 is 13.6. The van der Waals surface area contributed by atoms with Crippen LogP contribution in [-0.4, -0.2) is 15.0 Å². The number of rotatable bonds is 4. The lowest BCUT2D eigenvalue weighted by atomic mass is 10.2. The Kier molecular flexibility index (Phi) is 4.75. The standard InChI is InChI=1S/C15H12Cl2N4OS/c1-8-4-13(18)21-15(20-8)23-7-14-19-6-12(22-14)10-5-9(16)2-3-11(10)17/h2-6H,7H2,1H3,(H2,18,20,21). The van der Waals surface area contributed by atoms with Crippen LogP contribution in [-0.2, 0) is 5.75 Å². The zero-order valence-electron chi connectivity index (χ0n) is 12.1. The maximum Gasteiger partial charge on any atom is 0.205 e. The molecule has 0 aliphatic carbocycles. The summed E-state index contributed by atoms with van der Waals surface area (Å²) in [7, 11) is 0. The molecule has 0 spiro atoms. The number of aromatic nitrogens is 3.